The van der Waals surface area contributed by atoms with Gasteiger partial charge in [0.2, 0.25) is 0 Å². The Balaban J connectivity index is 3.35. The summed E-state index contributed by atoms with van der Waals surface area (Å²) in [5.41, 5.74) is 5.69. The van der Waals surface area contributed by atoms with Crippen molar-refractivity contribution in [2.75, 3.05) is 4.93 Å². The maximum absolute atomic E-state index is 5.69. The second-order valence-electron chi connectivity index (χ2n) is 2.00. The van der Waals surface area contributed by atoms with Gasteiger partial charge in [0.25, 0.3) is 0 Å². The predicted molar refractivity (Wildman–Crippen MR) is 33.7 cm³/mol. The summed E-state index contributed by atoms with van der Waals surface area (Å²) in [4.78, 5) is 2.30. The molecule has 0 saturated carbocycles. The molecular weight excluding hydrogens is 213 g/mol. The summed E-state index contributed by atoms with van der Waals surface area (Å²) in [6, 6.07) is 0.429. The van der Waals surface area contributed by atoms with Crippen molar-refractivity contribution >= 4 is 0 Å². The van der Waals surface area contributed by atoms with Gasteiger partial charge in [-0.1, -0.05) is 0 Å². The molecule has 0 aliphatic rings. The molecule has 0 aliphatic carbocycles. The van der Waals surface area contributed by atoms with Gasteiger partial charge in [-0.25, -0.2) is 0 Å². The fourth-order valence-corrected chi connectivity index (χ4v) is 2.74. The first-order valence-electron chi connectivity index (χ1n) is 2.96. The van der Waals surface area contributed by atoms with Crippen molar-refractivity contribution in [2.45, 2.75) is 30.2 Å². The third-order valence-electron chi connectivity index (χ3n) is 1.24. The second kappa shape index (κ2) is 4.56. The quantitative estimate of drug-likeness (QED) is 0.432. The van der Waals surface area contributed by atoms with Crippen LogP contribution in [0.3, 0.4) is 0 Å². The maximum atomic E-state index is 5.69. The molecule has 0 fully saturated rings. The Hall–Kier alpha value is 0.690. The summed E-state index contributed by atoms with van der Waals surface area (Å²) in [5.74, 6) is 0. The summed E-state index contributed by atoms with van der Waals surface area (Å²) in [5, 5.41) is 0. The first-order valence-corrected chi connectivity index (χ1v) is 6.36. The second-order valence-corrected chi connectivity index (χ2v) is 4.85. The van der Waals surface area contributed by atoms with E-state index < -0.39 is 0 Å². The molecule has 0 aromatic carbocycles. The Kier molecular flexibility index (Phi) is 4.95. The van der Waals surface area contributed by atoms with Crippen LogP contribution in [-0.4, -0.2) is 14.9 Å². The van der Waals surface area contributed by atoms with Crippen molar-refractivity contribution < 1.29 is 21.2 Å². The van der Waals surface area contributed by atoms with E-state index in [9.17, 15) is 0 Å². The van der Waals surface area contributed by atoms with Crippen molar-refractivity contribution in [1.82, 2.24) is 0 Å². The number of halogens is 1. The Labute approximate surface area is 62.3 Å². The Bertz CT molecular complexity index is 50.5. The summed E-state index contributed by atoms with van der Waals surface area (Å²) >= 11 is 0.376. The third kappa shape index (κ3) is 2.87. The zero-order valence-electron chi connectivity index (χ0n) is 5.82. The van der Waals surface area contributed by atoms with Gasteiger partial charge in [0.15, 0.2) is 0 Å². The summed E-state index contributed by atoms with van der Waals surface area (Å²) < 4.78 is 0.841. The molecule has 0 saturated heterocycles. The molecule has 0 radical (unpaired) electrons. The average molecular weight is 228 g/mol. The molecule has 0 aromatic rings. The van der Waals surface area contributed by atoms with Crippen LogP contribution in [0.15, 0.2) is 0 Å². The summed E-state index contributed by atoms with van der Waals surface area (Å²) in [7, 11) is 0. The van der Waals surface area contributed by atoms with Crippen LogP contribution < -0.4 is 26.9 Å². The minimum atomic E-state index is 0.376. The Morgan fingerprint density at radius 3 is 2.12 bits per heavy atom. The van der Waals surface area contributed by atoms with E-state index in [1.807, 2.05) is 0 Å². The van der Waals surface area contributed by atoms with Gasteiger partial charge in [0.05, 0.1) is 0 Å². The van der Waals surface area contributed by atoms with Gasteiger partial charge < -0.3 is 0 Å². The van der Waals surface area contributed by atoms with E-state index in [2.05, 4.69) is 18.8 Å². The molecule has 0 aliphatic heterocycles. The average Bonchev–Trinajstić information content (AvgIpc) is 1.69. The van der Waals surface area contributed by atoms with E-state index in [4.69, 9.17) is 5.73 Å². The number of hydrogen-bond acceptors (Lipinski definition) is 1. The van der Waals surface area contributed by atoms with Crippen molar-refractivity contribution in [3.05, 3.63) is 0 Å². The van der Waals surface area contributed by atoms with Crippen molar-refractivity contribution in [3.63, 3.8) is 0 Å². The first-order chi connectivity index (χ1) is 3.72. The van der Waals surface area contributed by atoms with Gasteiger partial charge in [0, 0.05) is 0 Å². The van der Waals surface area contributed by atoms with Gasteiger partial charge in [-0.15, -0.1) is 0 Å². The zero-order valence-corrected chi connectivity index (χ0v) is 7.97. The van der Waals surface area contributed by atoms with Crippen molar-refractivity contribution in [3.8, 4) is 0 Å². The van der Waals surface area contributed by atoms with Crippen LogP contribution in [0.5, 0.6) is 0 Å². The van der Waals surface area contributed by atoms with Crippen LogP contribution in [0.25, 0.3) is 0 Å². The number of rotatable bonds is 3. The standard InChI is InChI=1S/C6H15IN/c1-4-6(7-3)5(2)8/h5-6H,4,8H2,1-3H3/q-1. The van der Waals surface area contributed by atoms with E-state index in [1.165, 1.54) is 6.42 Å². The number of nitrogens with two attached hydrogens (primary N) is 1. The predicted octanol–water partition coefficient (Wildman–Crippen LogP) is -2.17. The van der Waals surface area contributed by atoms with Crippen molar-refractivity contribution in [1.29, 1.82) is 0 Å². The number of hydrogen-bond donors (Lipinski definition) is 1. The molecule has 2 N–H and O–H groups in total. The SMILES string of the molecule is CCC([I-]C)C(C)N. The molecule has 2 atom stereocenters. The summed E-state index contributed by atoms with van der Waals surface area (Å²) in [6.07, 6.45) is 1.27. The van der Waals surface area contributed by atoms with Gasteiger partial charge in [-0.05, 0) is 0 Å². The van der Waals surface area contributed by atoms with Gasteiger partial charge in [-0.2, -0.15) is 0 Å². The normalized spacial score (nSPS) is 18.5. The van der Waals surface area contributed by atoms with Crippen LogP contribution in [0.1, 0.15) is 20.3 Å². The molecule has 2 heteroatoms. The topological polar surface area (TPSA) is 26.0 Å². The Morgan fingerprint density at radius 2 is 2.12 bits per heavy atom. The molecule has 52 valence electrons. The molecule has 0 aromatic heterocycles. The molecule has 0 amide bonds. The molecule has 8 heavy (non-hydrogen) atoms. The van der Waals surface area contributed by atoms with Crippen LogP contribution in [0, 0.1) is 0 Å². The van der Waals surface area contributed by atoms with Crippen LogP contribution in [-0.2, 0) is 0 Å². The van der Waals surface area contributed by atoms with Gasteiger partial charge in [-0.3, -0.25) is 0 Å². The van der Waals surface area contributed by atoms with E-state index in [0.717, 1.165) is 3.92 Å². The molecule has 0 heterocycles. The fourth-order valence-electron chi connectivity index (χ4n) is 0.725. The summed E-state index contributed by atoms with van der Waals surface area (Å²) in [6.45, 7) is 4.33. The molecule has 0 spiro atoms. The zero-order chi connectivity index (χ0) is 6.57. The van der Waals surface area contributed by atoms with Crippen LogP contribution in [0.4, 0.5) is 0 Å². The first kappa shape index (κ1) is 8.69. The van der Waals surface area contributed by atoms with Crippen LogP contribution >= 0.6 is 0 Å². The minimum absolute atomic E-state index is 0.376. The molecule has 0 rings (SSSR count). The molecular formula is C6H15IN-. The fraction of sp³-hybridized carbons (Fsp3) is 1.00. The van der Waals surface area contributed by atoms with Crippen molar-refractivity contribution in [2.24, 2.45) is 5.73 Å². The number of alkyl halides is 2. The van der Waals surface area contributed by atoms with E-state index in [1.54, 1.807) is 0 Å². The van der Waals surface area contributed by atoms with Crippen LogP contribution in [0.2, 0.25) is 0 Å². The molecule has 0 bridgehead atoms. The van der Waals surface area contributed by atoms with E-state index >= 15 is 0 Å². The van der Waals surface area contributed by atoms with Gasteiger partial charge >= 0.3 is 62.1 Å². The third-order valence-corrected chi connectivity index (χ3v) is 4.86. The van der Waals surface area contributed by atoms with Gasteiger partial charge in [0.1, 0.15) is 0 Å². The van der Waals surface area contributed by atoms with E-state index in [-0.39, 0.29) is 0 Å². The van der Waals surface area contributed by atoms with E-state index in [0.29, 0.717) is 27.2 Å². The molecule has 1 nitrogen and oxygen atoms in total. The monoisotopic (exact) mass is 228 g/mol. The Morgan fingerprint density at radius 1 is 1.62 bits per heavy atom. The molecule has 2 unspecified atom stereocenters.